The number of hydrogen-bond acceptors (Lipinski definition) is 3. The highest BCUT2D eigenvalue weighted by atomic mass is 79.9. The van der Waals surface area contributed by atoms with Crippen molar-refractivity contribution in [3.8, 4) is 5.75 Å². The van der Waals surface area contributed by atoms with Crippen molar-refractivity contribution in [2.75, 3.05) is 13.1 Å². The van der Waals surface area contributed by atoms with Crippen LogP contribution < -0.4 is 15.8 Å². The Labute approximate surface area is 114 Å². The lowest BCUT2D eigenvalue weighted by Gasteiger charge is -2.15. The van der Waals surface area contributed by atoms with Crippen LogP contribution in [-0.2, 0) is 4.79 Å². The molecule has 3 N–H and O–H groups in total. The minimum absolute atomic E-state index is 0.223. The van der Waals surface area contributed by atoms with E-state index >= 15 is 0 Å². The summed E-state index contributed by atoms with van der Waals surface area (Å²) in [5.41, 5.74) is 5.32. The molecule has 0 aliphatic carbocycles. The maximum Gasteiger partial charge on any atom is 0.260 e. The molecule has 1 atom stereocenters. The topological polar surface area (TPSA) is 64.3 Å². The second-order valence-corrected chi connectivity index (χ2v) is 4.62. The molecule has 100 valence electrons. The SMILES string of the molecule is CC(Oc1ccc(F)cc1Br)C(=O)NCCCN. The number of benzene rings is 1. The predicted molar refractivity (Wildman–Crippen MR) is 70.9 cm³/mol. The molecule has 0 aromatic heterocycles. The van der Waals surface area contributed by atoms with E-state index in [4.69, 9.17) is 10.5 Å². The van der Waals surface area contributed by atoms with E-state index in [1.165, 1.54) is 18.2 Å². The van der Waals surface area contributed by atoms with Crippen LogP contribution in [0.5, 0.6) is 5.75 Å². The van der Waals surface area contributed by atoms with Crippen LogP contribution in [0.1, 0.15) is 13.3 Å². The number of carbonyl (C=O) groups is 1. The van der Waals surface area contributed by atoms with Crippen molar-refractivity contribution in [2.45, 2.75) is 19.4 Å². The maximum atomic E-state index is 12.9. The van der Waals surface area contributed by atoms with Gasteiger partial charge in [0.2, 0.25) is 0 Å². The number of amides is 1. The molecule has 1 aromatic carbocycles. The van der Waals surface area contributed by atoms with E-state index in [0.29, 0.717) is 23.3 Å². The van der Waals surface area contributed by atoms with E-state index in [1.54, 1.807) is 6.92 Å². The molecule has 0 aliphatic rings. The molecule has 4 nitrogen and oxygen atoms in total. The fraction of sp³-hybridized carbons (Fsp3) is 0.417. The van der Waals surface area contributed by atoms with Gasteiger partial charge in [0.25, 0.3) is 5.91 Å². The molecule has 6 heteroatoms. The first-order valence-electron chi connectivity index (χ1n) is 5.64. The molecule has 1 rings (SSSR count). The Morgan fingerprint density at radius 1 is 1.61 bits per heavy atom. The van der Waals surface area contributed by atoms with Crippen LogP contribution in [0.15, 0.2) is 22.7 Å². The molecule has 18 heavy (non-hydrogen) atoms. The minimum atomic E-state index is -0.649. The van der Waals surface area contributed by atoms with Crippen molar-refractivity contribution in [2.24, 2.45) is 5.73 Å². The average Bonchev–Trinajstić information content (AvgIpc) is 2.32. The molecule has 0 bridgehead atoms. The molecule has 1 unspecified atom stereocenters. The van der Waals surface area contributed by atoms with Gasteiger partial charge in [-0.25, -0.2) is 4.39 Å². The van der Waals surface area contributed by atoms with Crippen LogP contribution in [-0.4, -0.2) is 25.1 Å². The van der Waals surface area contributed by atoms with Gasteiger partial charge in [-0.1, -0.05) is 0 Å². The van der Waals surface area contributed by atoms with E-state index in [-0.39, 0.29) is 11.7 Å². The van der Waals surface area contributed by atoms with E-state index in [0.717, 1.165) is 6.42 Å². The monoisotopic (exact) mass is 318 g/mol. The maximum absolute atomic E-state index is 12.9. The molecule has 1 aromatic rings. The lowest BCUT2D eigenvalue weighted by atomic mass is 10.3. The number of carbonyl (C=O) groups excluding carboxylic acids is 1. The van der Waals surface area contributed by atoms with Crippen molar-refractivity contribution in [1.82, 2.24) is 5.32 Å². The lowest BCUT2D eigenvalue weighted by Crippen LogP contribution is -2.37. The van der Waals surface area contributed by atoms with Crippen molar-refractivity contribution in [3.63, 3.8) is 0 Å². The summed E-state index contributed by atoms with van der Waals surface area (Å²) in [4.78, 5) is 11.6. The van der Waals surface area contributed by atoms with E-state index < -0.39 is 6.10 Å². The molecule has 0 spiro atoms. The van der Waals surface area contributed by atoms with Gasteiger partial charge in [-0.05, 0) is 54.0 Å². The summed E-state index contributed by atoms with van der Waals surface area (Å²) in [5, 5.41) is 2.70. The number of nitrogens with two attached hydrogens (primary N) is 1. The summed E-state index contributed by atoms with van der Waals surface area (Å²) in [6, 6.07) is 4.04. The van der Waals surface area contributed by atoms with Gasteiger partial charge in [-0.3, -0.25) is 4.79 Å². The van der Waals surface area contributed by atoms with Crippen molar-refractivity contribution in [1.29, 1.82) is 0 Å². The van der Waals surface area contributed by atoms with Gasteiger partial charge >= 0.3 is 0 Å². The third-order valence-corrected chi connectivity index (χ3v) is 2.87. The Morgan fingerprint density at radius 2 is 2.33 bits per heavy atom. The number of nitrogens with one attached hydrogen (secondary N) is 1. The van der Waals surface area contributed by atoms with Gasteiger partial charge in [0.15, 0.2) is 6.10 Å². The summed E-state index contributed by atoms with van der Waals surface area (Å²) in [5.74, 6) is -0.160. The van der Waals surface area contributed by atoms with Gasteiger partial charge in [-0.15, -0.1) is 0 Å². The van der Waals surface area contributed by atoms with Crippen LogP contribution in [0.2, 0.25) is 0 Å². The normalized spacial score (nSPS) is 12.0. The van der Waals surface area contributed by atoms with Crippen LogP contribution >= 0.6 is 15.9 Å². The Hall–Kier alpha value is -1.14. The Bertz CT molecular complexity index is 415. The second kappa shape index (κ2) is 7.33. The summed E-state index contributed by atoms with van der Waals surface area (Å²) in [6.45, 7) is 2.68. The minimum Gasteiger partial charge on any atom is -0.480 e. The first-order valence-corrected chi connectivity index (χ1v) is 6.43. The fourth-order valence-electron chi connectivity index (χ4n) is 1.27. The van der Waals surface area contributed by atoms with Crippen molar-refractivity contribution in [3.05, 3.63) is 28.5 Å². The third kappa shape index (κ3) is 4.62. The first kappa shape index (κ1) is 14.9. The third-order valence-electron chi connectivity index (χ3n) is 2.25. The van der Waals surface area contributed by atoms with Gasteiger partial charge in [0.1, 0.15) is 11.6 Å². The highest BCUT2D eigenvalue weighted by molar-refractivity contribution is 9.10. The number of halogens is 2. The van der Waals surface area contributed by atoms with Gasteiger partial charge < -0.3 is 15.8 Å². The van der Waals surface area contributed by atoms with Gasteiger partial charge in [0, 0.05) is 6.54 Å². The Morgan fingerprint density at radius 3 is 2.94 bits per heavy atom. The smallest absolute Gasteiger partial charge is 0.260 e. The lowest BCUT2D eigenvalue weighted by molar-refractivity contribution is -0.127. The van der Waals surface area contributed by atoms with Gasteiger partial charge in [0.05, 0.1) is 4.47 Å². The zero-order valence-electron chi connectivity index (χ0n) is 10.1. The zero-order valence-corrected chi connectivity index (χ0v) is 11.7. The quantitative estimate of drug-likeness (QED) is 0.786. The first-order chi connectivity index (χ1) is 8.54. The van der Waals surface area contributed by atoms with Crippen LogP contribution in [0.4, 0.5) is 4.39 Å². The molecule has 0 radical (unpaired) electrons. The summed E-state index contributed by atoms with van der Waals surface area (Å²) in [7, 11) is 0. The molecule has 0 aliphatic heterocycles. The summed E-state index contributed by atoms with van der Waals surface area (Å²) in [6.07, 6.45) is 0.0724. The molecular weight excluding hydrogens is 303 g/mol. The molecule has 1 amide bonds. The number of hydrogen-bond donors (Lipinski definition) is 2. The standard InChI is InChI=1S/C12H16BrFN2O2/c1-8(12(17)16-6-2-5-15)18-11-4-3-9(14)7-10(11)13/h3-4,7-8H,2,5-6,15H2,1H3,(H,16,17). The molecule has 0 heterocycles. The largest absolute Gasteiger partial charge is 0.480 e. The van der Waals surface area contributed by atoms with Gasteiger partial charge in [-0.2, -0.15) is 0 Å². The predicted octanol–water partition coefficient (Wildman–Crippen LogP) is 1.82. The van der Waals surface area contributed by atoms with Crippen LogP contribution in [0, 0.1) is 5.82 Å². The Balaban J connectivity index is 2.53. The molecule has 0 fully saturated rings. The number of ether oxygens (including phenoxy) is 1. The second-order valence-electron chi connectivity index (χ2n) is 3.77. The van der Waals surface area contributed by atoms with Crippen molar-refractivity contribution < 1.29 is 13.9 Å². The molecule has 0 saturated carbocycles. The van der Waals surface area contributed by atoms with Crippen molar-refractivity contribution >= 4 is 21.8 Å². The van der Waals surface area contributed by atoms with Crippen LogP contribution in [0.3, 0.4) is 0 Å². The molecular formula is C12H16BrFN2O2. The van der Waals surface area contributed by atoms with Crippen LogP contribution in [0.25, 0.3) is 0 Å². The highest BCUT2D eigenvalue weighted by Gasteiger charge is 2.15. The van der Waals surface area contributed by atoms with E-state index in [9.17, 15) is 9.18 Å². The number of rotatable bonds is 6. The Kier molecular flexibility index (Phi) is 6.07. The van der Waals surface area contributed by atoms with E-state index in [2.05, 4.69) is 21.2 Å². The molecule has 0 saturated heterocycles. The summed E-state index contributed by atoms with van der Waals surface area (Å²) >= 11 is 3.18. The zero-order chi connectivity index (χ0) is 13.5. The van der Waals surface area contributed by atoms with E-state index in [1.807, 2.05) is 0 Å². The highest BCUT2D eigenvalue weighted by Crippen LogP contribution is 2.26. The average molecular weight is 319 g/mol. The summed E-state index contributed by atoms with van der Waals surface area (Å²) < 4.78 is 18.8. The fourth-order valence-corrected chi connectivity index (χ4v) is 1.72.